The van der Waals surface area contributed by atoms with E-state index in [9.17, 15) is 9.90 Å². The molecule has 0 heterocycles. The molecule has 0 spiro atoms. The Morgan fingerprint density at radius 3 is 2.86 bits per heavy atom. The van der Waals surface area contributed by atoms with Gasteiger partial charge in [0, 0.05) is 6.42 Å². The normalized spacial score (nSPS) is 9.86. The first-order chi connectivity index (χ1) is 6.63. The van der Waals surface area contributed by atoms with Crippen molar-refractivity contribution in [1.82, 2.24) is 0 Å². The van der Waals surface area contributed by atoms with Gasteiger partial charge < -0.3 is 9.84 Å². The fourth-order valence-corrected chi connectivity index (χ4v) is 1.08. The highest BCUT2D eigenvalue weighted by atomic mass is 16.5. The zero-order chi connectivity index (χ0) is 10.6. The fourth-order valence-electron chi connectivity index (χ4n) is 1.08. The van der Waals surface area contributed by atoms with Gasteiger partial charge in [0.25, 0.3) is 0 Å². The van der Waals surface area contributed by atoms with E-state index in [1.165, 1.54) is 6.07 Å². The second-order valence-corrected chi connectivity index (χ2v) is 3.20. The highest BCUT2D eigenvalue weighted by Crippen LogP contribution is 2.26. The lowest BCUT2D eigenvalue weighted by molar-refractivity contribution is -0.134. The zero-order valence-electron chi connectivity index (χ0n) is 8.41. The van der Waals surface area contributed by atoms with Gasteiger partial charge in [0.1, 0.15) is 0 Å². The molecule has 76 valence electrons. The van der Waals surface area contributed by atoms with E-state index in [-0.39, 0.29) is 17.5 Å². The molecule has 0 bridgehead atoms. The first-order valence-corrected chi connectivity index (χ1v) is 4.63. The Morgan fingerprint density at radius 1 is 1.50 bits per heavy atom. The van der Waals surface area contributed by atoms with E-state index in [2.05, 4.69) is 0 Å². The molecule has 0 aliphatic carbocycles. The van der Waals surface area contributed by atoms with E-state index in [4.69, 9.17) is 4.74 Å². The lowest BCUT2D eigenvalue weighted by Gasteiger charge is -2.06. The van der Waals surface area contributed by atoms with E-state index in [0.29, 0.717) is 6.42 Å². The van der Waals surface area contributed by atoms with E-state index >= 15 is 0 Å². The van der Waals surface area contributed by atoms with Gasteiger partial charge >= 0.3 is 5.97 Å². The number of rotatable bonds is 3. The molecular formula is C11H14O3. The van der Waals surface area contributed by atoms with Gasteiger partial charge in [-0.05, 0) is 31.0 Å². The molecule has 0 aromatic heterocycles. The summed E-state index contributed by atoms with van der Waals surface area (Å²) in [5.41, 5.74) is 0.946. The minimum absolute atomic E-state index is 0.0000491. The van der Waals surface area contributed by atoms with Crippen molar-refractivity contribution in [3.63, 3.8) is 0 Å². The highest BCUT2D eigenvalue weighted by molar-refractivity contribution is 5.73. The Morgan fingerprint density at radius 2 is 2.21 bits per heavy atom. The summed E-state index contributed by atoms with van der Waals surface area (Å²) in [4.78, 5) is 11.1. The molecule has 14 heavy (non-hydrogen) atoms. The minimum Gasteiger partial charge on any atom is -0.504 e. The van der Waals surface area contributed by atoms with Crippen molar-refractivity contribution in [3.8, 4) is 11.5 Å². The predicted octanol–water partition coefficient (Wildman–Crippen LogP) is 2.41. The first kappa shape index (κ1) is 10.6. The van der Waals surface area contributed by atoms with Gasteiger partial charge in [-0.3, -0.25) is 4.79 Å². The Balaban J connectivity index is 2.75. The van der Waals surface area contributed by atoms with Gasteiger partial charge in [-0.15, -0.1) is 0 Å². The van der Waals surface area contributed by atoms with Crippen LogP contribution in [0.15, 0.2) is 18.2 Å². The van der Waals surface area contributed by atoms with E-state index < -0.39 is 0 Å². The van der Waals surface area contributed by atoms with Crippen LogP contribution in [0.4, 0.5) is 0 Å². The maximum absolute atomic E-state index is 11.1. The number of hydrogen-bond acceptors (Lipinski definition) is 3. The third kappa shape index (κ3) is 2.76. The molecule has 0 unspecified atom stereocenters. The maximum Gasteiger partial charge on any atom is 0.311 e. The van der Waals surface area contributed by atoms with Gasteiger partial charge in [-0.2, -0.15) is 0 Å². The average Bonchev–Trinajstić information content (AvgIpc) is 2.12. The summed E-state index contributed by atoms with van der Waals surface area (Å²) in [6, 6.07) is 4.92. The molecule has 1 aromatic carbocycles. The molecule has 3 heteroatoms. The summed E-state index contributed by atoms with van der Waals surface area (Å²) in [5, 5.41) is 9.37. The molecule has 0 saturated carbocycles. The number of phenolic OH excluding ortho intramolecular Hbond substituents is 1. The number of aryl methyl sites for hydroxylation is 1. The number of aromatic hydroxyl groups is 1. The fraction of sp³-hybridized carbons (Fsp3) is 0.364. The van der Waals surface area contributed by atoms with Gasteiger partial charge in [0.2, 0.25) is 0 Å². The number of carbonyl (C=O) groups excluding carboxylic acids is 1. The summed E-state index contributed by atoms with van der Waals surface area (Å²) in [7, 11) is 0. The second-order valence-electron chi connectivity index (χ2n) is 3.20. The molecule has 0 aliphatic heterocycles. The molecule has 1 rings (SSSR count). The summed E-state index contributed by atoms with van der Waals surface area (Å²) in [6.07, 6.45) is 1.11. The molecule has 1 aromatic rings. The van der Waals surface area contributed by atoms with E-state index in [1.807, 2.05) is 13.8 Å². The molecule has 0 fully saturated rings. The standard InChI is InChI=1S/C11H14O3/c1-3-4-11(13)14-10-7-8(2)5-6-9(10)12/h5-7,12H,3-4H2,1-2H3. The molecular weight excluding hydrogens is 180 g/mol. The topological polar surface area (TPSA) is 46.5 Å². The molecule has 1 N–H and O–H groups in total. The van der Waals surface area contributed by atoms with Crippen molar-refractivity contribution >= 4 is 5.97 Å². The van der Waals surface area contributed by atoms with Gasteiger partial charge in [0.15, 0.2) is 11.5 Å². The monoisotopic (exact) mass is 194 g/mol. The third-order valence-corrected chi connectivity index (χ3v) is 1.79. The van der Waals surface area contributed by atoms with Crippen LogP contribution in [-0.4, -0.2) is 11.1 Å². The largest absolute Gasteiger partial charge is 0.504 e. The summed E-state index contributed by atoms with van der Waals surface area (Å²) in [6.45, 7) is 3.77. The molecule has 0 amide bonds. The van der Waals surface area contributed by atoms with Crippen LogP contribution in [0.1, 0.15) is 25.3 Å². The lowest BCUT2D eigenvalue weighted by Crippen LogP contribution is -2.06. The quantitative estimate of drug-likeness (QED) is 0.593. The number of hydrogen-bond donors (Lipinski definition) is 1. The summed E-state index contributed by atoms with van der Waals surface area (Å²) < 4.78 is 4.98. The third-order valence-electron chi connectivity index (χ3n) is 1.79. The molecule has 0 radical (unpaired) electrons. The number of carbonyl (C=O) groups is 1. The van der Waals surface area contributed by atoms with Crippen LogP contribution < -0.4 is 4.74 Å². The molecule has 0 atom stereocenters. The van der Waals surface area contributed by atoms with Crippen LogP contribution in [0.5, 0.6) is 11.5 Å². The molecule has 3 nitrogen and oxygen atoms in total. The van der Waals surface area contributed by atoms with Crippen LogP contribution >= 0.6 is 0 Å². The molecule has 0 aliphatic rings. The number of ether oxygens (including phenoxy) is 1. The van der Waals surface area contributed by atoms with Crippen LogP contribution in [0.3, 0.4) is 0 Å². The second kappa shape index (κ2) is 4.65. The van der Waals surface area contributed by atoms with Crippen molar-refractivity contribution in [3.05, 3.63) is 23.8 Å². The minimum atomic E-state index is -0.312. The Hall–Kier alpha value is -1.51. The van der Waals surface area contributed by atoms with Crippen LogP contribution in [-0.2, 0) is 4.79 Å². The van der Waals surface area contributed by atoms with Crippen molar-refractivity contribution < 1.29 is 14.6 Å². The van der Waals surface area contributed by atoms with Crippen molar-refractivity contribution in [2.75, 3.05) is 0 Å². The van der Waals surface area contributed by atoms with Crippen molar-refractivity contribution in [2.45, 2.75) is 26.7 Å². The van der Waals surface area contributed by atoms with Crippen LogP contribution in [0.25, 0.3) is 0 Å². The zero-order valence-corrected chi connectivity index (χ0v) is 8.41. The Kier molecular flexibility index (Phi) is 3.51. The van der Waals surface area contributed by atoms with Crippen LogP contribution in [0.2, 0.25) is 0 Å². The lowest BCUT2D eigenvalue weighted by atomic mass is 10.2. The van der Waals surface area contributed by atoms with Crippen molar-refractivity contribution in [1.29, 1.82) is 0 Å². The van der Waals surface area contributed by atoms with Gasteiger partial charge in [-0.1, -0.05) is 13.0 Å². The van der Waals surface area contributed by atoms with Crippen molar-refractivity contribution in [2.24, 2.45) is 0 Å². The first-order valence-electron chi connectivity index (χ1n) is 4.63. The highest BCUT2D eigenvalue weighted by Gasteiger charge is 2.07. The summed E-state index contributed by atoms with van der Waals surface area (Å²) in [5.74, 6) is -0.0723. The summed E-state index contributed by atoms with van der Waals surface area (Å²) >= 11 is 0. The smallest absolute Gasteiger partial charge is 0.311 e. The SMILES string of the molecule is CCCC(=O)Oc1cc(C)ccc1O. The Labute approximate surface area is 83.3 Å². The Bertz CT molecular complexity index is 331. The number of esters is 1. The van der Waals surface area contributed by atoms with E-state index in [0.717, 1.165) is 12.0 Å². The predicted molar refractivity (Wildman–Crippen MR) is 53.4 cm³/mol. The van der Waals surface area contributed by atoms with Gasteiger partial charge in [0.05, 0.1) is 0 Å². The number of phenols is 1. The van der Waals surface area contributed by atoms with Gasteiger partial charge in [-0.25, -0.2) is 0 Å². The van der Waals surface area contributed by atoms with Crippen LogP contribution in [0, 0.1) is 6.92 Å². The average molecular weight is 194 g/mol. The number of benzene rings is 1. The van der Waals surface area contributed by atoms with E-state index in [1.54, 1.807) is 12.1 Å². The molecule has 0 saturated heterocycles. The maximum atomic E-state index is 11.1.